The Labute approximate surface area is 238 Å². The van der Waals surface area contributed by atoms with E-state index in [1.165, 1.54) is 5.69 Å². The molecule has 4 heterocycles. The van der Waals surface area contributed by atoms with Gasteiger partial charge in [0, 0.05) is 66.7 Å². The Morgan fingerprint density at radius 1 is 1.02 bits per heavy atom. The fraction of sp³-hybridized carbons (Fsp3) is 0.312. The molecule has 1 saturated heterocycles. The molecule has 1 amide bonds. The number of carbonyl (C=O) groups is 1. The van der Waals surface area contributed by atoms with E-state index in [4.69, 9.17) is 4.98 Å². The van der Waals surface area contributed by atoms with Gasteiger partial charge in [0.1, 0.15) is 11.8 Å². The van der Waals surface area contributed by atoms with Crippen molar-refractivity contribution in [2.75, 3.05) is 43.4 Å². The second-order valence-electron chi connectivity index (χ2n) is 11.3. The molecule has 0 bridgehead atoms. The van der Waals surface area contributed by atoms with E-state index in [1.807, 2.05) is 42.5 Å². The van der Waals surface area contributed by atoms with E-state index in [1.54, 1.807) is 10.8 Å². The van der Waals surface area contributed by atoms with E-state index in [0.717, 1.165) is 61.2 Å². The first kappa shape index (κ1) is 25.5. The Kier molecular flexibility index (Phi) is 6.31. The zero-order valence-corrected chi connectivity index (χ0v) is 23.1. The van der Waals surface area contributed by atoms with E-state index in [9.17, 15) is 9.59 Å². The monoisotopic (exact) mass is 547 g/mol. The van der Waals surface area contributed by atoms with Crippen LogP contribution in [0.25, 0.3) is 16.6 Å². The number of nitrogens with one attached hydrogen (secondary N) is 2. The van der Waals surface area contributed by atoms with Gasteiger partial charge in [0.15, 0.2) is 0 Å². The highest BCUT2D eigenvalue weighted by molar-refractivity contribution is 5.97. The van der Waals surface area contributed by atoms with Gasteiger partial charge in [-0.15, -0.1) is 0 Å². The largest absolute Gasteiger partial charge is 0.369 e. The van der Waals surface area contributed by atoms with Gasteiger partial charge in [0.2, 0.25) is 5.95 Å². The quantitative estimate of drug-likeness (QED) is 0.374. The summed E-state index contributed by atoms with van der Waals surface area (Å²) in [6, 6.07) is 17.6. The fourth-order valence-electron chi connectivity index (χ4n) is 5.86. The number of hydrogen-bond acceptors (Lipinski definition) is 7. The summed E-state index contributed by atoms with van der Waals surface area (Å²) in [5, 5.41) is 7.08. The Balaban J connectivity index is 1.24. The van der Waals surface area contributed by atoms with Crippen LogP contribution in [0.3, 0.4) is 0 Å². The molecule has 2 aromatic heterocycles. The second kappa shape index (κ2) is 10.2. The van der Waals surface area contributed by atoms with E-state index < -0.39 is 6.17 Å². The third kappa shape index (κ3) is 4.86. The molecule has 2 fully saturated rings. The van der Waals surface area contributed by atoms with Gasteiger partial charge in [0.05, 0.1) is 0 Å². The van der Waals surface area contributed by atoms with Crippen LogP contribution >= 0.6 is 0 Å². The predicted octanol–water partition coefficient (Wildman–Crippen LogP) is 4.19. The average Bonchev–Trinajstić information content (AvgIpc) is 3.83. The normalized spacial score (nSPS) is 19.1. The number of benzene rings is 2. The lowest BCUT2D eigenvalue weighted by Gasteiger charge is -2.34. The maximum absolute atomic E-state index is 14.0. The van der Waals surface area contributed by atoms with Crippen molar-refractivity contribution in [3.63, 3.8) is 0 Å². The zero-order chi connectivity index (χ0) is 28.1. The summed E-state index contributed by atoms with van der Waals surface area (Å²) in [7, 11) is 2.15. The minimum Gasteiger partial charge on any atom is -0.369 e. The smallest absolute Gasteiger partial charge is 0.261 e. The lowest BCUT2D eigenvalue weighted by molar-refractivity contribution is 0.0905. The number of carbonyl (C=O) groups excluding carboxylic acids is 1. The van der Waals surface area contributed by atoms with Crippen LogP contribution in [0.15, 0.2) is 72.2 Å². The van der Waals surface area contributed by atoms with Crippen molar-refractivity contribution in [2.24, 2.45) is 5.92 Å². The molecule has 2 aliphatic heterocycles. The molecule has 9 nitrogen and oxygen atoms in total. The molecular weight excluding hydrogens is 514 g/mol. The SMILES string of the molecule is C=C(c1cc2cnc(Nc3ccc(N4CCN(C)CC4)cc3)nc2n(C2Cc3ccccc3C(=O)N2)c1=O)C1CC1. The molecule has 2 aromatic carbocycles. The fourth-order valence-corrected chi connectivity index (χ4v) is 5.86. The van der Waals surface area contributed by atoms with Gasteiger partial charge in [-0.2, -0.15) is 4.98 Å². The Hall–Kier alpha value is -4.50. The molecule has 1 aliphatic carbocycles. The Bertz CT molecular complexity index is 1720. The van der Waals surface area contributed by atoms with Crippen LogP contribution in [0.1, 0.15) is 40.5 Å². The van der Waals surface area contributed by atoms with E-state index in [-0.39, 0.29) is 11.5 Å². The summed E-state index contributed by atoms with van der Waals surface area (Å²) in [5.74, 6) is 0.511. The molecule has 41 heavy (non-hydrogen) atoms. The molecular formula is C32H33N7O2. The number of anilines is 3. The lowest BCUT2D eigenvalue weighted by atomic mass is 9.97. The standard InChI is InChI=1S/C32H33N7O2/c1-20(21-7-8-21)27-17-23-19-33-32(34-24-9-11-25(12-10-24)38-15-13-37(2)14-16-38)36-29(23)39(31(27)41)28-18-22-5-3-4-6-26(22)30(40)35-28/h3-6,9-12,17,19,21,28H,1,7-8,13-16,18H2,2H3,(H,35,40)(H,33,34,36). The highest BCUT2D eigenvalue weighted by Gasteiger charge is 2.31. The maximum Gasteiger partial charge on any atom is 0.261 e. The van der Waals surface area contributed by atoms with Crippen molar-refractivity contribution in [3.8, 4) is 0 Å². The first-order chi connectivity index (χ1) is 19.9. The van der Waals surface area contributed by atoms with Gasteiger partial charge in [-0.3, -0.25) is 14.2 Å². The molecule has 1 atom stereocenters. The molecule has 3 aliphatic rings. The molecule has 9 heteroatoms. The molecule has 0 spiro atoms. The zero-order valence-electron chi connectivity index (χ0n) is 23.1. The number of pyridine rings is 1. The molecule has 7 rings (SSSR count). The molecule has 0 radical (unpaired) electrons. The number of aromatic nitrogens is 3. The summed E-state index contributed by atoms with van der Waals surface area (Å²) >= 11 is 0. The summed E-state index contributed by atoms with van der Waals surface area (Å²) in [6.45, 7) is 8.36. The van der Waals surface area contributed by atoms with Gasteiger partial charge in [-0.25, -0.2) is 4.98 Å². The van der Waals surface area contributed by atoms with Gasteiger partial charge >= 0.3 is 0 Å². The second-order valence-corrected chi connectivity index (χ2v) is 11.3. The number of piperazine rings is 1. The van der Waals surface area contributed by atoms with Crippen molar-refractivity contribution in [2.45, 2.75) is 25.4 Å². The summed E-state index contributed by atoms with van der Waals surface area (Å²) < 4.78 is 1.62. The third-order valence-corrected chi connectivity index (χ3v) is 8.47. The highest BCUT2D eigenvalue weighted by Crippen LogP contribution is 2.40. The molecule has 208 valence electrons. The van der Waals surface area contributed by atoms with Crippen molar-refractivity contribution in [3.05, 3.63) is 94.4 Å². The van der Waals surface area contributed by atoms with E-state index in [0.29, 0.717) is 35.1 Å². The van der Waals surface area contributed by atoms with Crippen LogP contribution in [-0.4, -0.2) is 58.6 Å². The van der Waals surface area contributed by atoms with E-state index in [2.05, 4.69) is 51.2 Å². The van der Waals surface area contributed by atoms with E-state index >= 15 is 0 Å². The average molecular weight is 548 g/mol. The Morgan fingerprint density at radius 2 is 1.78 bits per heavy atom. The maximum atomic E-state index is 14.0. The topological polar surface area (TPSA) is 95.4 Å². The number of amides is 1. The summed E-state index contributed by atoms with van der Waals surface area (Å²) in [6.07, 6.45) is 3.72. The molecule has 1 unspecified atom stereocenters. The van der Waals surface area contributed by atoms with Crippen LogP contribution in [0.2, 0.25) is 0 Å². The van der Waals surface area contributed by atoms with Crippen LogP contribution in [0.5, 0.6) is 0 Å². The third-order valence-electron chi connectivity index (χ3n) is 8.47. The lowest BCUT2D eigenvalue weighted by Crippen LogP contribution is -2.44. The molecule has 1 saturated carbocycles. The minimum atomic E-state index is -0.579. The number of fused-ring (bicyclic) bond motifs is 2. The summed E-state index contributed by atoms with van der Waals surface area (Å²) in [5.41, 5.74) is 5.27. The van der Waals surface area contributed by atoms with Gasteiger partial charge in [0.25, 0.3) is 11.5 Å². The van der Waals surface area contributed by atoms with Gasteiger partial charge in [-0.1, -0.05) is 24.8 Å². The van der Waals surface area contributed by atoms with Crippen LogP contribution in [0, 0.1) is 5.92 Å². The van der Waals surface area contributed by atoms with Crippen molar-refractivity contribution in [1.82, 2.24) is 24.8 Å². The number of nitrogens with zero attached hydrogens (tertiary/aromatic N) is 5. The highest BCUT2D eigenvalue weighted by atomic mass is 16.2. The van der Waals surface area contributed by atoms with Crippen molar-refractivity contribution in [1.29, 1.82) is 0 Å². The van der Waals surface area contributed by atoms with Crippen LogP contribution < -0.4 is 21.1 Å². The number of allylic oxidation sites excluding steroid dienone is 1. The van der Waals surface area contributed by atoms with Crippen molar-refractivity contribution >= 4 is 39.8 Å². The molecule has 4 aromatic rings. The first-order valence-corrected chi connectivity index (χ1v) is 14.3. The minimum absolute atomic E-state index is 0.194. The number of rotatable bonds is 6. The van der Waals surface area contributed by atoms with Gasteiger partial charge < -0.3 is 20.4 Å². The Morgan fingerprint density at radius 3 is 2.54 bits per heavy atom. The van der Waals surface area contributed by atoms with Crippen LogP contribution in [0.4, 0.5) is 17.3 Å². The number of hydrogen-bond donors (Lipinski definition) is 2. The number of likely N-dealkylation sites (N-methyl/N-ethyl adjacent to an activating group) is 1. The predicted molar refractivity (Wildman–Crippen MR) is 162 cm³/mol. The first-order valence-electron chi connectivity index (χ1n) is 14.3. The van der Waals surface area contributed by atoms with Crippen molar-refractivity contribution < 1.29 is 4.79 Å². The van der Waals surface area contributed by atoms with Gasteiger partial charge in [-0.05, 0) is 73.3 Å². The summed E-state index contributed by atoms with van der Waals surface area (Å²) in [4.78, 5) is 41.2. The molecule has 2 N–H and O–H groups in total. The van der Waals surface area contributed by atoms with Crippen LogP contribution in [-0.2, 0) is 6.42 Å².